The zero-order chi connectivity index (χ0) is 26.1. The molecule has 2 amide bonds. The van der Waals surface area contributed by atoms with Crippen LogP contribution in [0.3, 0.4) is 0 Å². The highest BCUT2D eigenvalue weighted by Crippen LogP contribution is 2.19. The predicted octanol–water partition coefficient (Wildman–Crippen LogP) is -0.889. The zero-order valence-corrected chi connectivity index (χ0v) is 19.6. The first-order valence-electron chi connectivity index (χ1n) is 11.4. The number of guanidine groups is 1. The molecule has 13 heteroatoms. The lowest BCUT2D eigenvalue weighted by molar-refractivity contribution is -0.142. The number of carbonyl (C=O) groups is 3. The van der Waals surface area contributed by atoms with Crippen LogP contribution in [0, 0.1) is 0 Å². The van der Waals surface area contributed by atoms with Gasteiger partial charge < -0.3 is 42.9 Å². The number of para-hydroxylation sites is 1. The maximum Gasteiger partial charge on any atom is 0.326 e. The van der Waals surface area contributed by atoms with Gasteiger partial charge in [-0.3, -0.25) is 14.6 Å². The molecule has 0 saturated heterocycles. The molecule has 1 aromatic carbocycles. The molecule has 192 valence electrons. The molecular formula is C23H31N9O4. The number of aromatic amines is 2. The Morgan fingerprint density at radius 2 is 1.81 bits per heavy atom. The normalized spacial score (nSPS) is 13.5. The number of H-pyrrole nitrogens is 2. The van der Waals surface area contributed by atoms with Crippen LogP contribution in [0.2, 0.25) is 0 Å². The van der Waals surface area contributed by atoms with Gasteiger partial charge in [-0.15, -0.1) is 0 Å². The Balaban J connectivity index is 1.74. The Morgan fingerprint density at radius 3 is 2.50 bits per heavy atom. The van der Waals surface area contributed by atoms with E-state index in [-0.39, 0.29) is 18.8 Å². The van der Waals surface area contributed by atoms with Crippen molar-refractivity contribution in [1.29, 1.82) is 0 Å². The third-order valence-electron chi connectivity index (χ3n) is 5.63. The maximum atomic E-state index is 13.2. The van der Waals surface area contributed by atoms with Crippen LogP contribution in [-0.4, -0.2) is 68.5 Å². The number of aliphatic imine (C=N–C) groups is 1. The fourth-order valence-electron chi connectivity index (χ4n) is 3.75. The van der Waals surface area contributed by atoms with Crippen molar-refractivity contribution in [3.8, 4) is 0 Å². The van der Waals surface area contributed by atoms with E-state index in [1.54, 1.807) is 6.20 Å². The van der Waals surface area contributed by atoms with E-state index in [0.717, 1.165) is 16.5 Å². The summed E-state index contributed by atoms with van der Waals surface area (Å²) in [5.41, 5.74) is 18.8. The van der Waals surface area contributed by atoms with Gasteiger partial charge in [-0.05, 0) is 24.5 Å². The zero-order valence-electron chi connectivity index (χ0n) is 19.6. The third kappa shape index (κ3) is 7.30. The molecule has 0 radical (unpaired) electrons. The third-order valence-corrected chi connectivity index (χ3v) is 5.63. The van der Waals surface area contributed by atoms with E-state index in [2.05, 4.69) is 30.6 Å². The summed E-state index contributed by atoms with van der Waals surface area (Å²) < 4.78 is 0. The van der Waals surface area contributed by atoms with Crippen molar-refractivity contribution in [1.82, 2.24) is 25.6 Å². The molecule has 0 aliphatic rings. The highest BCUT2D eigenvalue weighted by molar-refractivity contribution is 5.93. The number of carboxylic acids is 1. The highest BCUT2D eigenvalue weighted by Gasteiger charge is 2.29. The fourth-order valence-corrected chi connectivity index (χ4v) is 3.75. The summed E-state index contributed by atoms with van der Waals surface area (Å²) in [5.74, 6) is -2.45. The molecule has 2 aromatic heterocycles. The van der Waals surface area contributed by atoms with E-state index in [4.69, 9.17) is 17.2 Å². The highest BCUT2D eigenvalue weighted by atomic mass is 16.4. The van der Waals surface area contributed by atoms with E-state index in [0.29, 0.717) is 25.1 Å². The van der Waals surface area contributed by atoms with Gasteiger partial charge in [0.1, 0.15) is 12.1 Å². The second kappa shape index (κ2) is 12.4. The van der Waals surface area contributed by atoms with Crippen molar-refractivity contribution >= 4 is 34.6 Å². The second-order valence-electron chi connectivity index (χ2n) is 8.36. The number of nitrogens with one attached hydrogen (secondary N) is 4. The molecule has 13 nitrogen and oxygen atoms in total. The average molecular weight is 498 g/mol. The first kappa shape index (κ1) is 26.2. The molecule has 36 heavy (non-hydrogen) atoms. The van der Waals surface area contributed by atoms with Crippen molar-refractivity contribution in [2.45, 2.75) is 43.8 Å². The summed E-state index contributed by atoms with van der Waals surface area (Å²) >= 11 is 0. The Morgan fingerprint density at radius 1 is 1.06 bits per heavy atom. The summed E-state index contributed by atoms with van der Waals surface area (Å²) in [6.45, 7) is 0.316. The number of hydrogen-bond donors (Lipinski definition) is 8. The van der Waals surface area contributed by atoms with Crippen molar-refractivity contribution < 1.29 is 19.5 Å². The van der Waals surface area contributed by atoms with Gasteiger partial charge in [0, 0.05) is 48.4 Å². The summed E-state index contributed by atoms with van der Waals surface area (Å²) in [7, 11) is 0. The number of amides is 2. The van der Waals surface area contributed by atoms with Gasteiger partial charge in [0.25, 0.3) is 0 Å². The first-order chi connectivity index (χ1) is 17.2. The molecule has 0 saturated carbocycles. The van der Waals surface area contributed by atoms with Crippen LogP contribution >= 0.6 is 0 Å². The molecule has 0 bridgehead atoms. The Labute approximate surface area is 206 Å². The molecule has 11 N–H and O–H groups in total. The number of nitrogens with zero attached hydrogens (tertiary/aromatic N) is 2. The number of aliphatic carboxylic acids is 1. The summed E-state index contributed by atoms with van der Waals surface area (Å²) in [4.78, 5) is 51.5. The molecule has 0 aliphatic carbocycles. The van der Waals surface area contributed by atoms with Crippen molar-refractivity contribution in [3.63, 3.8) is 0 Å². The maximum absolute atomic E-state index is 13.2. The Hall–Kier alpha value is -4.39. The second-order valence-corrected chi connectivity index (χ2v) is 8.36. The van der Waals surface area contributed by atoms with Gasteiger partial charge >= 0.3 is 5.97 Å². The molecule has 0 fully saturated rings. The molecule has 3 rings (SSSR count). The minimum absolute atomic E-state index is 0.000862. The molecule has 3 atom stereocenters. The lowest BCUT2D eigenvalue weighted by Gasteiger charge is -2.23. The van der Waals surface area contributed by atoms with Gasteiger partial charge in [0.2, 0.25) is 11.8 Å². The van der Waals surface area contributed by atoms with E-state index in [9.17, 15) is 19.5 Å². The van der Waals surface area contributed by atoms with Crippen LogP contribution < -0.4 is 27.8 Å². The van der Waals surface area contributed by atoms with E-state index < -0.39 is 35.9 Å². The number of hydrogen-bond acceptors (Lipinski definition) is 6. The van der Waals surface area contributed by atoms with Crippen LogP contribution in [0.25, 0.3) is 10.9 Å². The molecule has 0 aliphatic heterocycles. The molecule has 0 spiro atoms. The topological polar surface area (TPSA) is 230 Å². The quantitative estimate of drug-likeness (QED) is 0.0836. The largest absolute Gasteiger partial charge is 0.480 e. The van der Waals surface area contributed by atoms with E-state index >= 15 is 0 Å². The minimum Gasteiger partial charge on any atom is -0.480 e. The summed E-state index contributed by atoms with van der Waals surface area (Å²) in [5, 5.41) is 15.7. The van der Waals surface area contributed by atoms with Crippen LogP contribution in [0.4, 0.5) is 0 Å². The number of imidazole rings is 1. The monoisotopic (exact) mass is 497 g/mol. The lowest BCUT2D eigenvalue weighted by Crippen LogP contribution is -2.55. The smallest absolute Gasteiger partial charge is 0.326 e. The van der Waals surface area contributed by atoms with E-state index in [1.165, 1.54) is 12.5 Å². The predicted molar refractivity (Wildman–Crippen MR) is 134 cm³/mol. The number of benzene rings is 1. The van der Waals surface area contributed by atoms with Gasteiger partial charge in [0.15, 0.2) is 5.96 Å². The molecule has 3 unspecified atom stereocenters. The number of nitrogens with two attached hydrogens (primary N) is 3. The van der Waals surface area contributed by atoms with Crippen molar-refractivity contribution in [2.75, 3.05) is 6.54 Å². The molecule has 2 heterocycles. The lowest BCUT2D eigenvalue weighted by atomic mass is 10.0. The Kier molecular flexibility index (Phi) is 9.00. The molecular weight excluding hydrogens is 466 g/mol. The number of carbonyl (C=O) groups excluding carboxylic acids is 2. The van der Waals surface area contributed by atoms with Gasteiger partial charge in [-0.25, -0.2) is 9.78 Å². The number of rotatable bonds is 13. The van der Waals surface area contributed by atoms with Crippen LogP contribution in [-0.2, 0) is 27.2 Å². The number of aromatic nitrogens is 3. The fraction of sp³-hybridized carbons (Fsp3) is 0.348. The van der Waals surface area contributed by atoms with Crippen LogP contribution in [0.15, 0.2) is 48.0 Å². The van der Waals surface area contributed by atoms with Crippen molar-refractivity contribution in [3.05, 3.63) is 54.2 Å². The average Bonchev–Trinajstić information content (AvgIpc) is 3.50. The van der Waals surface area contributed by atoms with Gasteiger partial charge in [-0.2, -0.15) is 0 Å². The summed E-state index contributed by atoms with van der Waals surface area (Å²) in [6.07, 6.45) is 5.54. The first-order valence-corrected chi connectivity index (χ1v) is 11.4. The SMILES string of the molecule is NC(N)=NCCCC(N)C(=O)NC(Cc1c[nH]c2ccccc12)C(=O)NC(Cc1cnc[nH]1)C(=O)O. The Bertz CT molecular complexity index is 1200. The van der Waals surface area contributed by atoms with Gasteiger partial charge in [-0.1, -0.05) is 18.2 Å². The van der Waals surface area contributed by atoms with Gasteiger partial charge in [0.05, 0.1) is 12.4 Å². The number of fused-ring (bicyclic) bond motifs is 1. The standard InChI is InChI=1S/C23H31N9O4/c24-16(5-3-7-28-23(25)26)20(33)31-18(8-13-10-29-17-6-2-1-4-15(13)17)21(34)32-19(22(35)36)9-14-11-27-12-30-14/h1-2,4,6,10-12,16,18-19,29H,3,5,7-9,24H2,(H,27,30)(H,31,33)(H,32,34)(H,35,36)(H4,25,26,28). The van der Waals surface area contributed by atoms with Crippen LogP contribution in [0.1, 0.15) is 24.1 Å². The summed E-state index contributed by atoms with van der Waals surface area (Å²) in [6, 6.07) is 4.33. The van der Waals surface area contributed by atoms with Crippen molar-refractivity contribution in [2.24, 2.45) is 22.2 Å². The number of carboxylic acid groups (broad SMARTS) is 1. The van der Waals surface area contributed by atoms with Crippen LogP contribution in [0.5, 0.6) is 0 Å². The molecule has 3 aromatic rings. The van der Waals surface area contributed by atoms with E-state index in [1.807, 2.05) is 24.3 Å². The minimum atomic E-state index is -1.23.